The summed E-state index contributed by atoms with van der Waals surface area (Å²) in [6.45, 7) is 6.38. The van der Waals surface area contributed by atoms with Crippen LogP contribution in [0.25, 0.3) is 0 Å². The van der Waals surface area contributed by atoms with Crippen LogP contribution in [-0.4, -0.2) is 24.9 Å². The van der Waals surface area contributed by atoms with Crippen molar-refractivity contribution in [1.29, 1.82) is 0 Å². The lowest BCUT2D eigenvalue weighted by Gasteiger charge is -2.63. The quantitative estimate of drug-likeness (QED) is 0.340. The smallest absolute Gasteiger partial charge is 0.305 e. The van der Waals surface area contributed by atoms with Crippen molar-refractivity contribution in [2.75, 3.05) is 7.11 Å². The van der Waals surface area contributed by atoms with E-state index >= 15 is 8.78 Å². The van der Waals surface area contributed by atoms with Gasteiger partial charge in [-0.05, 0) is 78.9 Å². The van der Waals surface area contributed by atoms with Crippen molar-refractivity contribution in [3.8, 4) is 0 Å². The first-order chi connectivity index (χ1) is 14.3. The Hall–Kier alpha value is -0.810. The lowest BCUT2D eigenvalue weighted by Crippen LogP contribution is -2.61. The maximum atomic E-state index is 15.7. The van der Waals surface area contributed by atoms with E-state index in [0.717, 1.165) is 25.7 Å². The number of ether oxygens (including phenoxy) is 1. The minimum atomic E-state index is -2.88. The number of halogens is 4. The summed E-state index contributed by atoms with van der Waals surface area (Å²) < 4.78 is 64.3. The zero-order valence-electron chi connectivity index (χ0n) is 19.4. The number of fused-ring (bicyclic) bond motifs is 5. The van der Waals surface area contributed by atoms with E-state index < -0.39 is 29.1 Å². The van der Waals surface area contributed by atoms with E-state index in [1.807, 2.05) is 6.92 Å². The Morgan fingerprint density at radius 1 is 0.968 bits per heavy atom. The molecule has 6 heteroatoms. The van der Waals surface area contributed by atoms with Crippen LogP contribution < -0.4 is 0 Å². The zero-order valence-corrected chi connectivity index (χ0v) is 19.4. The molecule has 4 rings (SSSR count). The summed E-state index contributed by atoms with van der Waals surface area (Å²) >= 11 is 0. The molecule has 0 saturated heterocycles. The van der Waals surface area contributed by atoms with Crippen LogP contribution in [0, 0.1) is 46.3 Å². The lowest BCUT2D eigenvalue weighted by molar-refractivity contribution is -0.249. The molecule has 4 fully saturated rings. The van der Waals surface area contributed by atoms with Crippen LogP contribution in [0.3, 0.4) is 0 Å². The van der Waals surface area contributed by atoms with E-state index in [0.29, 0.717) is 25.2 Å². The molecular weight excluding hydrogens is 408 g/mol. The molecule has 0 amide bonds. The maximum Gasteiger partial charge on any atom is 0.305 e. The van der Waals surface area contributed by atoms with Gasteiger partial charge in [0.2, 0.25) is 5.92 Å². The largest absolute Gasteiger partial charge is 0.469 e. The van der Waals surface area contributed by atoms with E-state index in [-0.39, 0.29) is 48.4 Å². The Morgan fingerprint density at radius 3 is 2.32 bits per heavy atom. The summed E-state index contributed by atoms with van der Waals surface area (Å²) in [4.78, 5) is 11.6. The highest BCUT2D eigenvalue weighted by molar-refractivity contribution is 5.69. The Labute approximate surface area is 183 Å². The second-order valence-electron chi connectivity index (χ2n) is 11.8. The summed E-state index contributed by atoms with van der Waals surface area (Å²) in [6.07, 6.45) is 3.84. The highest BCUT2D eigenvalue weighted by Gasteiger charge is 2.69. The van der Waals surface area contributed by atoms with Crippen molar-refractivity contribution in [3.05, 3.63) is 0 Å². The summed E-state index contributed by atoms with van der Waals surface area (Å²) in [7, 11) is 1.39. The number of carbonyl (C=O) groups excluding carboxylic acids is 1. The molecule has 0 aromatic rings. The molecule has 0 aliphatic heterocycles. The van der Waals surface area contributed by atoms with Crippen LogP contribution in [0.4, 0.5) is 17.6 Å². The highest BCUT2D eigenvalue weighted by Crippen LogP contribution is 2.71. The van der Waals surface area contributed by atoms with Gasteiger partial charge < -0.3 is 4.74 Å². The predicted molar refractivity (Wildman–Crippen MR) is 111 cm³/mol. The van der Waals surface area contributed by atoms with Gasteiger partial charge in [-0.1, -0.05) is 20.8 Å². The Bertz CT molecular complexity index is 710. The van der Waals surface area contributed by atoms with Crippen molar-refractivity contribution < 1.29 is 27.1 Å². The molecule has 0 heterocycles. The van der Waals surface area contributed by atoms with Crippen LogP contribution in [0.15, 0.2) is 0 Å². The molecule has 0 bridgehead atoms. The van der Waals surface area contributed by atoms with Crippen molar-refractivity contribution in [2.24, 2.45) is 46.3 Å². The van der Waals surface area contributed by atoms with Crippen LogP contribution in [0.2, 0.25) is 0 Å². The molecule has 0 unspecified atom stereocenters. The highest BCUT2D eigenvalue weighted by atomic mass is 19.3. The van der Waals surface area contributed by atoms with E-state index in [1.165, 1.54) is 7.11 Å². The van der Waals surface area contributed by atoms with Crippen LogP contribution in [0.1, 0.15) is 85.0 Å². The molecule has 178 valence electrons. The number of carbonyl (C=O) groups is 1. The topological polar surface area (TPSA) is 26.3 Å². The first-order valence-corrected chi connectivity index (χ1v) is 12.2. The first-order valence-electron chi connectivity index (χ1n) is 12.2. The molecule has 0 aromatic carbocycles. The summed E-state index contributed by atoms with van der Waals surface area (Å²) in [5, 5.41) is 0. The fraction of sp³-hybridized carbons (Fsp3) is 0.960. The molecule has 0 spiro atoms. The fourth-order valence-corrected chi connectivity index (χ4v) is 8.70. The Balaban J connectivity index is 1.58. The SMILES string of the molecule is COC(=O)CC[C@@H](C)[C@H]1CC[C@H]2[C@H]3[C@H](CC[C@]12C)[C@@]1(C)CCC(F)(F)C[C@H]1CC3(F)F. The molecule has 0 radical (unpaired) electrons. The van der Waals surface area contributed by atoms with Crippen molar-refractivity contribution in [1.82, 2.24) is 0 Å². The monoisotopic (exact) mass is 446 g/mol. The van der Waals surface area contributed by atoms with Crippen molar-refractivity contribution >= 4 is 5.97 Å². The fourth-order valence-electron chi connectivity index (χ4n) is 8.70. The van der Waals surface area contributed by atoms with Crippen molar-refractivity contribution in [2.45, 2.75) is 96.8 Å². The van der Waals surface area contributed by atoms with Gasteiger partial charge in [0.1, 0.15) is 0 Å². The molecular formula is C25H38F4O2. The zero-order chi connectivity index (χ0) is 22.8. The van der Waals surface area contributed by atoms with Gasteiger partial charge in [-0.2, -0.15) is 0 Å². The van der Waals surface area contributed by atoms with E-state index in [1.54, 1.807) is 0 Å². The number of methoxy groups -OCH3 is 1. The first kappa shape index (κ1) is 23.4. The van der Waals surface area contributed by atoms with Gasteiger partial charge in [-0.25, -0.2) is 17.6 Å². The van der Waals surface area contributed by atoms with Gasteiger partial charge in [0.15, 0.2) is 0 Å². The van der Waals surface area contributed by atoms with Crippen molar-refractivity contribution in [3.63, 3.8) is 0 Å². The minimum Gasteiger partial charge on any atom is -0.469 e. The van der Waals surface area contributed by atoms with Gasteiger partial charge in [0, 0.05) is 31.6 Å². The molecule has 31 heavy (non-hydrogen) atoms. The van der Waals surface area contributed by atoms with E-state index in [2.05, 4.69) is 13.8 Å². The van der Waals surface area contributed by atoms with Gasteiger partial charge in [0.25, 0.3) is 5.92 Å². The van der Waals surface area contributed by atoms with E-state index in [4.69, 9.17) is 4.74 Å². The lowest BCUT2D eigenvalue weighted by atomic mass is 9.43. The average molecular weight is 447 g/mol. The number of hydrogen-bond donors (Lipinski definition) is 0. The molecule has 2 nitrogen and oxygen atoms in total. The van der Waals surface area contributed by atoms with Gasteiger partial charge in [-0.15, -0.1) is 0 Å². The third-order valence-corrected chi connectivity index (χ3v) is 10.4. The van der Waals surface area contributed by atoms with Gasteiger partial charge >= 0.3 is 5.97 Å². The molecule has 0 aromatic heterocycles. The van der Waals surface area contributed by atoms with Crippen LogP contribution in [0.5, 0.6) is 0 Å². The average Bonchev–Trinajstić information content (AvgIpc) is 3.04. The molecule has 0 N–H and O–H groups in total. The Kier molecular flexibility index (Phi) is 5.74. The molecule has 4 saturated carbocycles. The third-order valence-electron chi connectivity index (χ3n) is 10.4. The maximum absolute atomic E-state index is 15.7. The second kappa shape index (κ2) is 7.62. The number of alkyl halides is 4. The second-order valence-corrected chi connectivity index (χ2v) is 11.8. The van der Waals surface area contributed by atoms with Crippen LogP contribution >= 0.6 is 0 Å². The molecule has 4 aliphatic carbocycles. The molecule has 8 atom stereocenters. The summed E-state index contributed by atoms with van der Waals surface area (Å²) in [5.41, 5.74) is -0.564. The summed E-state index contributed by atoms with van der Waals surface area (Å²) in [6, 6.07) is 0. The number of rotatable bonds is 4. The molecule has 4 aliphatic rings. The third kappa shape index (κ3) is 3.72. The van der Waals surface area contributed by atoms with Crippen LogP contribution in [-0.2, 0) is 9.53 Å². The number of esters is 1. The standard InChI is InChI=1S/C25H38F4O2/c1-15(5-8-20(30)31-4)17-6-7-18-21-19(9-10-23(17,18)3)22(2)11-12-24(26,27)13-16(22)14-25(21,28)29/h15-19,21H,5-14H2,1-4H3/t15-,16+,17-,18+,19+,21+,22+,23-/m1/s1. The predicted octanol–water partition coefficient (Wildman–Crippen LogP) is 7.12. The Morgan fingerprint density at radius 2 is 1.65 bits per heavy atom. The summed E-state index contributed by atoms with van der Waals surface area (Å²) in [5.74, 6) is -6.82. The van der Waals surface area contributed by atoms with Gasteiger partial charge in [-0.3, -0.25) is 4.79 Å². The number of hydrogen-bond acceptors (Lipinski definition) is 2. The van der Waals surface area contributed by atoms with Gasteiger partial charge in [0.05, 0.1) is 7.11 Å². The normalized spacial score (nSPS) is 46.4. The van der Waals surface area contributed by atoms with E-state index in [9.17, 15) is 13.6 Å². The minimum absolute atomic E-state index is 0.0629.